The number of nitrogens with zero attached hydrogens (tertiary/aromatic N) is 3. The molecule has 0 unspecified atom stereocenters. The lowest BCUT2D eigenvalue weighted by Gasteiger charge is -2.16. The predicted octanol–water partition coefficient (Wildman–Crippen LogP) is 4.84. The number of hydrogen-bond acceptors (Lipinski definition) is 3. The summed E-state index contributed by atoms with van der Waals surface area (Å²) in [5.41, 5.74) is 0.394. The van der Waals surface area contributed by atoms with Crippen molar-refractivity contribution in [2.75, 3.05) is 0 Å². The Morgan fingerprint density at radius 1 is 1.11 bits per heavy atom. The number of halogens is 4. The summed E-state index contributed by atoms with van der Waals surface area (Å²) in [5.74, 6) is -1.12. The van der Waals surface area contributed by atoms with Crippen molar-refractivity contribution < 1.29 is 8.78 Å². The van der Waals surface area contributed by atoms with Crippen molar-refractivity contribution in [3.05, 3.63) is 91.0 Å². The van der Waals surface area contributed by atoms with Crippen LogP contribution in [0.2, 0.25) is 5.02 Å². The average Bonchev–Trinajstić information content (AvgIpc) is 2.74. The molecular formula is C19H11BrClF2N3O. The van der Waals surface area contributed by atoms with E-state index in [1.54, 1.807) is 29.8 Å². The van der Waals surface area contributed by atoms with Crippen LogP contribution in [-0.4, -0.2) is 15.3 Å². The van der Waals surface area contributed by atoms with E-state index in [4.69, 9.17) is 11.6 Å². The van der Waals surface area contributed by atoms with Crippen molar-refractivity contribution >= 4 is 33.2 Å². The first-order valence-electron chi connectivity index (χ1n) is 7.99. The topological polar surface area (TPSA) is 47.2 Å². The zero-order chi connectivity index (χ0) is 19.3. The van der Waals surface area contributed by atoms with Gasteiger partial charge in [-0.1, -0.05) is 17.7 Å². The predicted molar refractivity (Wildman–Crippen MR) is 103 cm³/mol. The molecule has 2 aromatic carbocycles. The van der Waals surface area contributed by atoms with Crippen molar-refractivity contribution in [3.63, 3.8) is 0 Å². The highest BCUT2D eigenvalue weighted by Crippen LogP contribution is 2.37. The van der Waals surface area contributed by atoms with Crippen LogP contribution in [0.25, 0.3) is 5.69 Å². The Kier molecular flexibility index (Phi) is 4.44. The molecule has 4 rings (SSSR count). The smallest absolute Gasteiger partial charge is 0.272 e. The van der Waals surface area contributed by atoms with Crippen LogP contribution in [-0.2, 0) is 0 Å². The summed E-state index contributed by atoms with van der Waals surface area (Å²) in [4.78, 5) is 20.3. The summed E-state index contributed by atoms with van der Waals surface area (Å²) < 4.78 is 31.3. The van der Waals surface area contributed by atoms with E-state index in [1.165, 1.54) is 24.3 Å². The second-order valence-electron chi connectivity index (χ2n) is 6.00. The van der Waals surface area contributed by atoms with E-state index in [1.807, 2.05) is 0 Å². The molecule has 1 aromatic heterocycles. The third-order valence-electron chi connectivity index (χ3n) is 4.30. The zero-order valence-corrected chi connectivity index (χ0v) is 16.2. The molecule has 0 spiro atoms. The van der Waals surface area contributed by atoms with Gasteiger partial charge in [-0.2, -0.15) is 4.98 Å². The molecule has 0 saturated heterocycles. The second-order valence-corrected chi connectivity index (χ2v) is 7.20. The van der Waals surface area contributed by atoms with Crippen LogP contribution in [0, 0.1) is 11.6 Å². The normalized spacial score (nSPS) is 15.6. The van der Waals surface area contributed by atoms with E-state index in [9.17, 15) is 13.6 Å². The summed E-state index contributed by atoms with van der Waals surface area (Å²) in [5, 5.41) is 0.364. The maximum atomic E-state index is 14.6. The second kappa shape index (κ2) is 6.65. The van der Waals surface area contributed by atoms with Gasteiger partial charge in [-0.3, -0.25) is 9.79 Å². The van der Waals surface area contributed by atoms with Gasteiger partial charge in [0.05, 0.1) is 22.0 Å². The maximum Gasteiger partial charge on any atom is 0.272 e. The summed E-state index contributed by atoms with van der Waals surface area (Å²) in [6.07, 6.45) is 1.57. The molecule has 0 aliphatic carbocycles. The molecule has 0 amide bonds. The quantitative estimate of drug-likeness (QED) is 0.533. The fraction of sp³-hybridized carbons (Fsp3) is 0.105. The Hall–Kier alpha value is -2.38. The molecule has 1 aliphatic heterocycles. The standard InChI is InChI=1S/C19H11BrClF2N3O/c1-9-19-25-14(27)7-8-26(19)13-6-5-10(21)17(20)16(13)18(24-9)15-11(22)3-2-4-12(15)23/h2-9H,1H3/t9-/m0/s1. The minimum atomic E-state index is -0.743. The first-order chi connectivity index (χ1) is 12.9. The SMILES string of the molecule is C[C@@H]1N=C(c2c(F)cccc2F)c2c(ccc(Cl)c2Br)-n2ccc(=O)nc21. The molecule has 0 N–H and O–H groups in total. The lowest BCUT2D eigenvalue weighted by Crippen LogP contribution is -2.16. The minimum Gasteiger partial charge on any atom is -0.302 e. The molecule has 0 radical (unpaired) electrons. The van der Waals surface area contributed by atoms with Crippen LogP contribution >= 0.6 is 27.5 Å². The van der Waals surface area contributed by atoms with Crippen LogP contribution < -0.4 is 5.56 Å². The Morgan fingerprint density at radius 2 is 1.81 bits per heavy atom. The van der Waals surface area contributed by atoms with Gasteiger partial charge in [0.2, 0.25) is 0 Å². The fourth-order valence-electron chi connectivity index (χ4n) is 3.11. The molecule has 27 heavy (non-hydrogen) atoms. The van der Waals surface area contributed by atoms with E-state index in [0.717, 1.165) is 0 Å². The Morgan fingerprint density at radius 3 is 2.52 bits per heavy atom. The Labute approximate surface area is 166 Å². The number of fused-ring (bicyclic) bond motifs is 3. The molecule has 0 fully saturated rings. The number of hydrogen-bond donors (Lipinski definition) is 0. The molecule has 3 aromatic rings. The molecule has 2 heterocycles. The molecule has 1 aliphatic rings. The van der Waals surface area contributed by atoms with Crippen LogP contribution in [0.1, 0.15) is 29.9 Å². The van der Waals surface area contributed by atoms with Crippen LogP contribution in [0.15, 0.2) is 56.9 Å². The van der Waals surface area contributed by atoms with Crippen molar-refractivity contribution in [2.45, 2.75) is 13.0 Å². The summed E-state index contributed by atoms with van der Waals surface area (Å²) in [7, 11) is 0. The molecular weight excluding hydrogens is 440 g/mol. The average molecular weight is 451 g/mol. The van der Waals surface area contributed by atoms with Crippen LogP contribution in [0.3, 0.4) is 0 Å². The fourth-order valence-corrected chi connectivity index (χ4v) is 3.79. The van der Waals surface area contributed by atoms with Gasteiger partial charge in [-0.05, 0) is 47.1 Å². The van der Waals surface area contributed by atoms with Gasteiger partial charge in [-0.25, -0.2) is 8.78 Å². The Bertz CT molecular complexity index is 1160. The van der Waals surface area contributed by atoms with Crippen molar-refractivity contribution in [3.8, 4) is 5.69 Å². The molecule has 0 saturated carbocycles. The number of rotatable bonds is 1. The molecule has 1 atom stereocenters. The highest BCUT2D eigenvalue weighted by molar-refractivity contribution is 9.10. The van der Waals surface area contributed by atoms with E-state index >= 15 is 0 Å². The van der Waals surface area contributed by atoms with Gasteiger partial charge in [0.15, 0.2) is 0 Å². The van der Waals surface area contributed by atoms with E-state index in [-0.39, 0.29) is 11.3 Å². The number of aliphatic imine (C=N–C) groups is 1. The van der Waals surface area contributed by atoms with Crippen molar-refractivity contribution in [1.29, 1.82) is 0 Å². The molecule has 136 valence electrons. The largest absolute Gasteiger partial charge is 0.302 e. The number of benzene rings is 2. The van der Waals surface area contributed by atoms with Gasteiger partial charge >= 0.3 is 0 Å². The van der Waals surface area contributed by atoms with Gasteiger partial charge in [-0.15, -0.1) is 0 Å². The first-order valence-corrected chi connectivity index (χ1v) is 9.16. The van der Waals surface area contributed by atoms with Gasteiger partial charge in [0.1, 0.15) is 23.5 Å². The molecule has 0 bridgehead atoms. The third-order valence-corrected chi connectivity index (χ3v) is 5.67. The Balaban J connectivity index is 2.15. The molecule has 8 heteroatoms. The lowest BCUT2D eigenvalue weighted by atomic mass is 9.99. The third kappa shape index (κ3) is 2.91. The van der Waals surface area contributed by atoms with Gasteiger partial charge < -0.3 is 4.57 Å². The molecule has 4 nitrogen and oxygen atoms in total. The highest BCUT2D eigenvalue weighted by atomic mass is 79.9. The summed E-state index contributed by atoms with van der Waals surface area (Å²) in [6.45, 7) is 1.71. The van der Waals surface area contributed by atoms with Gasteiger partial charge in [0.25, 0.3) is 5.56 Å². The number of aromatic nitrogens is 2. The van der Waals surface area contributed by atoms with E-state index < -0.39 is 23.2 Å². The monoisotopic (exact) mass is 449 g/mol. The summed E-state index contributed by atoms with van der Waals surface area (Å²) >= 11 is 9.68. The summed E-state index contributed by atoms with van der Waals surface area (Å²) in [6, 6.07) is 7.67. The zero-order valence-electron chi connectivity index (χ0n) is 13.9. The van der Waals surface area contributed by atoms with Gasteiger partial charge in [0, 0.05) is 22.3 Å². The van der Waals surface area contributed by atoms with Crippen molar-refractivity contribution in [1.82, 2.24) is 9.55 Å². The minimum absolute atomic E-state index is 0.0976. The maximum absolute atomic E-state index is 14.6. The van der Waals surface area contributed by atoms with E-state index in [0.29, 0.717) is 26.6 Å². The van der Waals surface area contributed by atoms with Crippen LogP contribution in [0.5, 0.6) is 0 Å². The lowest BCUT2D eigenvalue weighted by molar-refractivity contribution is 0.578. The van der Waals surface area contributed by atoms with Crippen molar-refractivity contribution in [2.24, 2.45) is 4.99 Å². The highest BCUT2D eigenvalue weighted by Gasteiger charge is 2.29. The first kappa shape index (κ1) is 18.0. The van der Waals surface area contributed by atoms with Crippen LogP contribution in [0.4, 0.5) is 8.78 Å². The van der Waals surface area contributed by atoms with E-state index in [2.05, 4.69) is 25.9 Å².